The molecular weight excluding hydrogens is 220 g/mol. The van der Waals surface area contributed by atoms with E-state index >= 15 is 0 Å². The first-order chi connectivity index (χ1) is 8.26. The summed E-state index contributed by atoms with van der Waals surface area (Å²) in [6, 6.07) is 3.87. The normalized spacial score (nSPS) is 10.4. The van der Waals surface area contributed by atoms with Crippen molar-refractivity contribution in [3.05, 3.63) is 23.3 Å². The van der Waals surface area contributed by atoms with Crippen LogP contribution >= 0.6 is 0 Å². The van der Waals surface area contributed by atoms with Crippen molar-refractivity contribution in [2.45, 2.75) is 19.4 Å². The van der Waals surface area contributed by atoms with Gasteiger partial charge < -0.3 is 19.3 Å². The summed E-state index contributed by atoms with van der Waals surface area (Å²) in [6.45, 7) is 0.658. The third kappa shape index (κ3) is 3.61. The molecule has 0 heterocycles. The van der Waals surface area contributed by atoms with Gasteiger partial charge in [-0.25, -0.2) is 0 Å². The Kier molecular flexibility index (Phi) is 5.80. The highest BCUT2D eigenvalue weighted by Crippen LogP contribution is 2.30. The number of benzene rings is 1. The van der Waals surface area contributed by atoms with Crippen LogP contribution in [0.25, 0.3) is 0 Å². The van der Waals surface area contributed by atoms with Gasteiger partial charge in [-0.3, -0.25) is 0 Å². The van der Waals surface area contributed by atoms with Gasteiger partial charge in [-0.05, 0) is 30.5 Å². The van der Waals surface area contributed by atoms with Crippen LogP contribution in [0.3, 0.4) is 0 Å². The lowest BCUT2D eigenvalue weighted by molar-refractivity contribution is 0.181. The Bertz CT molecular complexity index is 350. The van der Waals surface area contributed by atoms with Crippen molar-refractivity contribution < 1.29 is 19.3 Å². The van der Waals surface area contributed by atoms with Crippen LogP contribution in [-0.4, -0.2) is 33.0 Å². The zero-order valence-electron chi connectivity index (χ0n) is 10.7. The zero-order valence-corrected chi connectivity index (χ0v) is 10.7. The molecule has 17 heavy (non-hydrogen) atoms. The van der Waals surface area contributed by atoms with Crippen LogP contribution in [0.1, 0.15) is 17.5 Å². The maximum absolute atomic E-state index is 8.86. The van der Waals surface area contributed by atoms with Gasteiger partial charge in [-0.15, -0.1) is 0 Å². The molecule has 1 N–H and O–H groups in total. The first-order valence-corrected chi connectivity index (χ1v) is 5.60. The molecule has 4 heteroatoms. The van der Waals surface area contributed by atoms with E-state index in [1.807, 2.05) is 12.1 Å². The lowest BCUT2D eigenvalue weighted by Gasteiger charge is -2.14. The van der Waals surface area contributed by atoms with Gasteiger partial charge in [0, 0.05) is 19.3 Å². The molecule has 0 saturated carbocycles. The molecule has 0 saturated heterocycles. The van der Waals surface area contributed by atoms with Crippen LogP contribution in [0.15, 0.2) is 12.1 Å². The monoisotopic (exact) mass is 240 g/mol. The SMILES string of the molecule is COCc1cc(OC)c(CCCO)cc1OC. The fraction of sp³-hybridized carbons (Fsp3) is 0.538. The van der Waals surface area contributed by atoms with E-state index in [4.69, 9.17) is 19.3 Å². The van der Waals surface area contributed by atoms with E-state index in [0.29, 0.717) is 13.0 Å². The third-order valence-electron chi connectivity index (χ3n) is 2.59. The first kappa shape index (κ1) is 13.8. The molecule has 0 radical (unpaired) electrons. The van der Waals surface area contributed by atoms with Crippen molar-refractivity contribution in [2.24, 2.45) is 0 Å². The number of hydrogen-bond donors (Lipinski definition) is 1. The summed E-state index contributed by atoms with van der Waals surface area (Å²) >= 11 is 0. The Hall–Kier alpha value is -1.26. The van der Waals surface area contributed by atoms with Crippen LogP contribution in [-0.2, 0) is 17.8 Å². The Morgan fingerprint density at radius 1 is 1.00 bits per heavy atom. The van der Waals surface area contributed by atoms with E-state index in [9.17, 15) is 0 Å². The van der Waals surface area contributed by atoms with Gasteiger partial charge >= 0.3 is 0 Å². The smallest absolute Gasteiger partial charge is 0.124 e. The molecule has 4 nitrogen and oxygen atoms in total. The fourth-order valence-electron chi connectivity index (χ4n) is 1.76. The largest absolute Gasteiger partial charge is 0.496 e. The van der Waals surface area contributed by atoms with Crippen molar-refractivity contribution >= 4 is 0 Å². The Morgan fingerprint density at radius 2 is 1.59 bits per heavy atom. The molecule has 0 atom stereocenters. The van der Waals surface area contributed by atoms with E-state index in [0.717, 1.165) is 29.0 Å². The summed E-state index contributed by atoms with van der Waals surface area (Å²) in [5.41, 5.74) is 2.00. The minimum absolute atomic E-state index is 0.172. The molecule has 1 aromatic rings. The molecule has 0 aliphatic carbocycles. The molecule has 0 aromatic heterocycles. The predicted molar refractivity (Wildman–Crippen MR) is 65.7 cm³/mol. The summed E-state index contributed by atoms with van der Waals surface area (Å²) in [5.74, 6) is 1.60. The minimum Gasteiger partial charge on any atom is -0.496 e. The second-order valence-corrected chi connectivity index (χ2v) is 3.74. The molecule has 0 fully saturated rings. The summed E-state index contributed by atoms with van der Waals surface area (Å²) < 4.78 is 15.8. The summed E-state index contributed by atoms with van der Waals surface area (Å²) in [7, 11) is 4.92. The van der Waals surface area contributed by atoms with Crippen molar-refractivity contribution in [3.63, 3.8) is 0 Å². The van der Waals surface area contributed by atoms with Gasteiger partial charge in [0.1, 0.15) is 11.5 Å². The van der Waals surface area contributed by atoms with Crippen molar-refractivity contribution in [3.8, 4) is 11.5 Å². The first-order valence-electron chi connectivity index (χ1n) is 5.60. The van der Waals surface area contributed by atoms with Crippen LogP contribution < -0.4 is 9.47 Å². The second-order valence-electron chi connectivity index (χ2n) is 3.74. The van der Waals surface area contributed by atoms with Gasteiger partial charge in [0.25, 0.3) is 0 Å². The standard InChI is InChI=1S/C13H20O4/c1-15-9-11-8-12(16-2)10(5-4-6-14)7-13(11)17-3/h7-8,14H,4-6,9H2,1-3H3. The summed E-state index contributed by atoms with van der Waals surface area (Å²) in [5, 5.41) is 8.86. The van der Waals surface area contributed by atoms with Gasteiger partial charge in [0.05, 0.1) is 20.8 Å². The quantitative estimate of drug-likeness (QED) is 0.789. The van der Waals surface area contributed by atoms with Gasteiger partial charge in [-0.1, -0.05) is 0 Å². The maximum atomic E-state index is 8.86. The number of aryl methyl sites for hydroxylation is 1. The molecule has 0 aliphatic heterocycles. The average molecular weight is 240 g/mol. The highest BCUT2D eigenvalue weighted by Gasteiger charge is 2.10. The lowest BCUT2D eigenvalue weighted by Crippen LogP contribution is -2.00. The summed E-state index contributed by atoms with van der Waals surface area (Å²) in [4.78, 5) is 0. The van der Waals surface area contributed by atoms with E-state index < -0.39 is 0 Å². The topological polar surface area (TPSA) is 47.9 Å². The third-order valence-corrected chi connectivity index (χ3v) is 2.59. The second kappa shape index (κ2) is 7.14. The van der Waals surface area contributed by atoms with E-state index in [1.54, 1.807) is 21.3 Å². The lowest BCUT2D eigenvalue weighted by atomic mass is 10.0. The minimum atomic E-state index is 0.172. The molecular formula is C13H20O4. The van der Waals surface area contributed by atoms with Gasteiger partial charge in [0.15, 0.2) is 0 Å². The highest BCUT2D eigenvalue weighted by atomic mass is 16.5. The van der Waals surface area contributed by atoms with Crippen LogP contribution in [0.5, 0.6) is 11.5 Å². The van der Waals surface area contributed by atoms with E-state index in [2.05, 4.69) is 0 Å². The zero-order chi connectivity index (χ0) is 12.7. The number of hydrogen-bond acceptors (Lipinski definition) is 4. The van der Waals surface area contributed by atoms with Crippen molar-refractivity contribution in [2.75, 3.05) is 27.9 Å². The molecule has 1 aromatic carbocycles. The average Bonchev–Trinajstić information content (AvgIpc) is 2.36. The van der Waals surface area contributed by atoms with E-state index in [1.165, 1.54) is 0 Å². The number of methoxy groups -OCH3 is 3. The molecule has 1 rings (SSSR count). The van der Waals surface area contributed by atoms with Gasteiger partial charge in [0.2, 0.25) is 0 Å². The van der Waals surface area contributed by atoms with Gasteiger partial charge in [-0.2, -0.15) is 0 Å². The molecule has 0 unspecified atom stereocenters. The maximum Gasteiger partial charge on any atom is 0.124 e. The van der Waals surface area contributed by atoms with Crippen molar-refractivity contribution in [1.29, 1.82) is 0 Å². The molecule has 0 amide bonds. The van der Waals surface area contributed by atoms with Crippen LogP contribution in [0.4, 0.5) is 0 Å². The number of ether oxygens (including phenoxy) is 3. The molecule has 0 aliphatic rings. The summed E-state index contributed by atoms with van der Waals surface area (Å²) in [6.07, 6.45) is 1.48. The Morgan fingerprint density at radius 3 is 2.12 bits per heavy atom. The van der Waals surface area contributed by atoms with Crippen LogP contribution in [0.2, 0.25) is 0 Å². The Balaban J connectivity index is 3.04. The van der Waals surface area contributed by atoms with Crippen LogP contribution in [0, 0.1) is 0 Å². The number of aliphatic hydroxyl groups is 1. The molecule has 96 valence electrons. The molecule has 0 spiro atoms. The highest BCUT2D eigenvalue weighted by molar-refractivity contribution is 5.46. The van der Waals surface area contributed by atoms with Crippen molar-refractivity contribution in [1.82, 2.24) is 0 Å². The molecule has 0 bridgehead atoms. The predicted octanol–water partition coefficient (Wildman–Crippen LogP) is 1.78. The van der Waals surface area contributed by atoms with E-state index in [-0.39, 0.29) is 6.61 Å². The number of aliphatic hydroxyl groups excluding tert-OH is 1. The fourth-order valence-corrected chi connectivity index (χ4v) is 1.76. The Labute approximate surface area is 102 Å². The number of rotatable bonds is 7.